The zero-order valence-electron chi connectivity index (χ0n) is 10.5. The summed E-state index contributed by atoms with van der Waals surface area (Å²) < 4.78 is 9.86. The van der Waals surface area contributed by atoms with Crippen LogP contribution in [0.5, 0.6) is 5.75 Å². The van der Waals surface area contributed by atoms with Crippen LogP contribution < -0.4 is 10.1 Å². The fourth-order valence-electron chi connectivity index (χ4n) is 1.40. The number of carbonyl (C=O) groups is 2. The molecule has 0 heterocycles. The van der Waals surface area contributed by atoms with E-state index in [0.29, 0.717) is 17.0 Å². The Morgan fingerprint density at radius 2 is 2.21 bits per heavy atom. The maximum Gasteiger partial charge on any atom is 0.412 e. The third-order valence-electron chi connectivity index (χ3n) is 2.19. The largest absolute Gasteiger partial charge is 0.495 e. The average Bonchev–Trinajstić information content (AvgIpc) is 2.37. The van der Waals surface area contributed by atoms with Gasteiger partial charge in [0.1, 0.15) is 12.4 Å². The first-order valence-corrected chi connectivity index (χ1v) is 5.50. The van der Waals surface area contributed by atoms with Crippen molar-refractivity contribution in [1.82, 2.24) is 0 Å². The van der Waals surface area contributed by atoms with Gasteiger partial charge in [-0.3, -0.25) is 10.1 Å². The summed E-state index contributed by atoms with van der Waals surface area (Å²) in [6.07, 6.45) is 0.703. The first kappa shape index (κ1) is 14.6. The van der Waals surface area contributed by atoms with Gasteiger partial charge in [0, 0.05) is 0 Å². The Hall–Kier alpha value is -2.50. The fraction of sp³-hybridized carbons (Fsp3) is 0.231. The Balaban J connectivity index is 2.80. The van der Waals surface area contributed by atoms with Crippen molar-refractivity contribution < 1.29 is 24.2 Å². The second-order valence-electron chi connectivity index (χ2n) is 3.62. The molecule has 0 radical (unpaired) electrons. The van der Waals surface area contributed by atoms with Crippen LogP contribution in [0, 0.1) is 0 Å². The molecule has 2 N–H and O–H groups in total. The summed E-state index contributed by atoms with van der Waals surface area (Å²) in [6.45, 7) is 3.53. The Morgan fingerprint density at radius 1 is 1.47 bits per heavy atom. The van der Waals surface area contributed by atoms with Crippen LogP contribution in [0.15, 0.2) is 30.9 Å². The molecule has 0 saturated heterocycles. The highest BCUT2D eigenvalue weighted by molar-refractivity contribution is 5.87. The lowest BCUT2D eigenvalue weighted by atomic mass is 10.1. The molecule has 1 amide bonds. The molecule has 0 aromatic heterocycles. The third kappa shape index (κ3) is 4.71. The first-order chi connectivity index (χ1) is 9.06. The minimum absolute atomic E-state index is 0.102. The number of aliphatic carboxylic acids is 1. The van der Waals surface area contributed by atoms with E-state index >= 15 is 0 Å². The Labute approximate surface area is 110 Å². The summed E-state index contributed by atoms with van der Waals surface area (Å²) >= 11 is 0. The molecule has 0 aliphatic heterocycles. The molecule has 1 aromatic carbocycles. The smallest absolute Gasteiger partial charge is 0.412 e. The average molecular weight is 265 g/mol. The van der Waals surface area contributed by atoms with Crippen molar-refractivity contribution in [2.24, 2.45) is 0 Å². The number of ether oxygens (including phenoxy) is 2. The third-order valence-corrected chi connectivity index (χ3v) is 2.19. The van der Waals surface area contributed by atoms with Gasteiger partial charge in [0.15, 0.2) is 0 Å². The molecule has 0 unspecified atom stereocenters. The molecule has 102 valence electrons. The molecule has 0 fully saturated rings. The summed E-state index contributed by atoms with van der Waals surface area (Å²) in [7, 11) is 1.43. The highest BCUT2D eigenvalue weighted by Crippen LogP contribution is 2.26. The van der Waals surface area contributed by atoms with Gasteiger partial charge in [-0.1, -0.05) is 18.7 Å². The minimum atomic E-state index is -0.937. The van der Waals surface area contributed by atoms with Crippen molar-refractivity contribution in [1.29, 1.82) is 0 Å². The van der Waals surface area contributed by atoms with Crippen molar-refractivity contribution in [3.8, 4) is 5.75 Å². The maximum atomic E-state index is 11.4. The normalized spacial score (nSPS) is 9.53. The molecule has 6 nitrogen and oxygen atoms in total. The van der Waals surface area contributed by atoms with E-state index in [1.165, 1.54) is 13.2 Å². The summed E-state index contributed by atoms with van der Waals surface area (Å²) in [4.78, 5) is 22.0. The van der Waals surface area contributed by atoms with E-state index in [1.807, 2.05) is 0 Å². The number of rotatable bonds is 6. The number of carboxylic acids is 1. The molecule has 0 saturated carbocycles. The van der Waals surface area contributed by atoms with Gasteiger partial charge in [0.05, 0.1) is 19.2 Å². The lowest BCUT2D eigenvalue weighted by Crippen LogP contribution is -2.14. The predicted molar refractivity (Wildman–Crippen MR) is 69.5 cm³/mol. The Kier molecular flexibility index (Phi) is 5.40. The standard InChI is InChI=1S/C13H15NO5/c1-3-6-19-13(17)14-10-5-4-9(8-12(15)16)7-11(10)18-2/h3-5,7H,1,6,8H2,2H3,(H,14,17)(H,15,16). The lowest BCUT2D eigenvalue weighted by molar-refractivity contribution is -0.136. The maximum absolute atomic E-state index is 11.4. The molecule has 1 rings (SSSR count). The van der Waals surface area contributed by atoms with Crippen LogP contribution in [0.3, 0.4) is 0 Å². The van der Waals surface area contributed by atoms with Crippen LogP contribution >= 0.6 is 0 Å². The number of benzene rings is 1. The molecule has 19 heavy (non-hydrogen) atoms. The topological polar surface area (TPSA) is 84.9 Å². The van der Waals surface area contributed by atoms with Crippen LogP contribution in [0.25, 0.3) is 0 Å². The van der Waals surface area contributed by atoms with Crippen LogP contribution in [0.1, 0.15) is 5.56 Å². The van der Waals surface area contributed by atoms with E-state index in [0.717, 1.165) is 0 Å². The van der Waals surface area contributed by atoms with Crippen LogP contribution in [0.4, 0.5) is 10.5 Å². The molecule has 0 aliphatic rings. The van der Waals surface area contributed by atoms with Gasteiger partial charge >= 0.3 is 12.1 Å². The van der Waals surface area contributed by atoms with Crippen molar-refractivity contribution in [2.75, 3.05) is 19.0 Å². The number of nitrogens with one attached hydrogen (secondary N) is 1. The van der Waals surface area contributed by atoms with Crippen molar-refractivity contribution in [2.45, 2.75) is 6.42 Å². The molecule has 0 aliphatic carbocycles. The lowest BCUT2D eigenvalue weighted by Gasteiger charge is -2.11. The quantitative estimate of drug-likeness (QED) is 0.769. The van der Waals surface area contributed by atoms with Gasteiger partial charge in [-0.05, 0) is 17.7 Å². The van der Waals surface area contributed by atoms with E-state index in [4.69, 9.17) is 14.6 Å². The number of amides is 1. The van der Waals surface area contributed by atoms with E-state index < -0.39 is 12.1 Å². The minimum Gasteiger partial charge on any atom is -0.495 e. The molecule has 0 spiro atoms. The van der Waals surface area contributed by atoms with Crippen LogP contribution in [-0.4, -0.2) is 30.9 Å². The van der Waals surface area contributed by atoms with Gasteiger partial charge in [0.25, 0.3) is 0 Å². The summed E-state index contributed by atoms with van der Waals surface area (Å²) in [6, 6.07) is 4.71. The highest BCUT2D eigenvalue weighted by Gasteiger charge is 2.10. The number of hydrogen-bond acceptors (Lipinski definition) is 4. The SMILES string of the molecule is C=CCOC(=O)Nc1ccc(CC(=O)O)cc1OC. The molecule has 1 aromatic rings. The van der Waals surface area contributed by atoms with Crippen LogP contribution in [0.2, 0.25) is 0 Å². The predicted octanol–water partition coefficient (Wildman–Crippen LogP) is 2.06. The number of hydrogen-bond donors (Lipinski definition) is 2. The van der Waals surface area contributed by atoms with Crippen molar-refractivity contribution in [3.05, 3.63) is 36.4 Å². The second-order valence-corrected chi connectivity index (χ2v) is 3.62. The number of anilines is 1. The Morgan fingerprint density at radius 3 is 2.79 bits per heavy atom. The van der Waals surface area contributed by atoms with Gasteiger partial charge in [-0.25, -0.2) is 4.79 Å². The number of carbonyl (C=O) groups excluding carboxylic acids is 1. The summed E-state index contributed by atoms with van der Waals surface area (Å²) in [5.74, 6) is -0.567. The van der Waals surface area contributed by atoms with Gasteiger partial charge in [-0.15, -0.1) is 0 Å². The summed E-state index contributed by atoms with van der Waals surface area (Å²) in [5.41, 5.74) is 0.986. The number of carboxylic acid groups (broad SMARTS) is 1. The molecule has 6 heteroatoms. The van der Waals surface area contributed by atoms with Crippen molar-refractivity contribution >= 4 is 17.7 Å². The van der Waals surface area contributed by atoms with Gasteiger partial charge in [-0.2, -0.15) is 0 Å². The first-order valence-electron chi connectivity index (χ1n) is 5.50. The van der Waals surface area contributed by atoms with E-state index in [1.54, 1.807) is 18.2 Å². The van der Waals surface area contributed by atoms with Crippen LogP contribution in [-0.2, 0) is 16.0 Å². The van der Waals surface area contributed by atoms with Gasteiger partial charge < -0.3 is 14.6 Å². The van der Waals surface area contributed by atoms with E-state index in [-0.39, 0.29) is 13.0 Å². The zero-order chi connectivity index (χ0) is 14.3. The van der Waals surface area contributed by atoms with Gasteiger partial charge in [0.2, 0.25) is 0 Å². The molecular formula is C13H15NO5. The Bertz CT molecular complexity index is 484. The van der Waals surface area contributed by atoms with Crippen molar-refractivity contribution in [3.63, 3.8) is 0 Å². The fourth-order valence-corrected chi connectivity index (χ4v) is 1.40. The second kappa shape index (κ2) is 7.05. The zero-order valence-corrected chi connectivity index (χ0v) is 10.5. The van der Waals surface area contributed by atoms with E-state index in [9.17, 15) is 9.59 Å². The molecule has 0 atom stereocenters. The monoisotopic (exact) mass is 265 g/mol. The summed E-state index contributed by atoms with van der Waals surface area (Å²) in [5, 5.41) is 11.2. The van der Waals surface area contributed by atoms with E-state index in [2.05, 4.69) is 11.9 Å². The molecule has 0 bridgehead atoms. The molecular weight excluding hydrogens is 250 g/mol. The highest BCUT2D eigenvalue weighted by atomic mass is 16.5. The number of methoxy groups -OCH3 is 1.